The minimum atomic E-state index is 0.277. The van der Waals surface area contributed by atoms with Gasteiger partial charge in [-0.15, -0.1) is 0 Å². The maximum absolute atomic E-state index is 12.2. The second-order valence-corrected chi connectivity index (χ2v) is 6.59. The molecule has 0 atom stereocenters. The highest BCUT2D eigenvalue weighted by Crippen LogP contribution is 2.33. The molecule has 4 heteroatoms. The van der Waals surface area contributed by atoms with E-state index in [2.05, 4.69) is 37.0 Å². The molecule has 1 aliphatic heterocycles. The molecule has 1 aromatic rings. The lowest BCUT2D eigenvalue weighted by Crippen LogP contribution is -2.33. The number of thioether (sulfide) groups is 1. The van der Waals surface area contributed by atoms with E-state index in [9.17, 15) is 4.79 Å². The lowest BCUT2D eigenvalue weighted by atomic mass is 10.1. The smallest absolute Gasteiger partial charge is 0.231 e. The van der Waals surface area contributed by atoms with E-state index in [0.29, 0.717) is 0 Å². The van der Waals surface area contributed by atoms with Gasteiger partial charge in [0, 0.05) is 18.2 Å². The van der Waals surface area contributed by atoms with Crippen LogP contribution in [0.1, 0.15) is 29.5 Å². The van der Waals surface area contributed by atoms with Gasteiger partial charge in [-0.25, -0.2) is 0 Å². The molecule has 1 aliphatic carbocycles. The van der Waals surface area contributed by atoms with Crippen molar-refractivity contribution in [3.8, 4) is 0 Å². The summed E-state index contributed by atoms with van der Waals surface area (Å²) < 4.78 is 0. The van der Waals surface area contributed by atoms with Crippen molar-refractivity contribution >= 4 is 22.8 Å². The van der Waals surface area contributed by atoms with Crippen molar-refractivity contribution in [3.05, 3.63) is 34.9 Å². The Hall–Kier alpha value is -1.29. The van der Waals surface area contributed by atoms with E-state index in [1.807, 2.05) is 4.90 Å². The van der Waals surface area contributed by atoms with E-state index in [-0.39, 0.29) is 11.8 Å². The molecule has 0 saturated heterocycles. The number of carbonyl (C=O) groups excluding carboxylic acids is 1. The molecule has 0 radical (unpaired) electrons. The van der Waals surface area contributed by atoms with Crippen molar-refractivity contribution in [1.82, 2.24) is 4.90 Å². The zero-order valence-electron chi connectivity index (χ0n) is 12.1. The lowest BCUT2D eigenvalue weighted by molar-refractivity contribution is -0.128. The summed E-state index contributed by atoms with van der Waals surface area (Å²) >= 11 is 1.70. The summed E-state index contributed by atoms with van der Waals surface area (Å²) in [4.78, 5) is 18.6. The molecule has 0 spiro atoms. The van der Waals surface area contributed by atoms with Gasteiger partial charge in [-0.2, -0.15) is 0 Å². The van der Waals surface area contributed by atoms with Gasteiger partial charge in [0.15, 0.2) is 5.17 Å². The first-order valence-corrected chi connectivity index (χ1v) is 8.18. The Bertz CT molecular complexity index is 564. The fourth-order valence-electron chi connectivity index (χ4n) is 2.40. The Morgan fingerprint density at radius 2 is 2.20 bits per heavy atom. The SMILES string of the molecule is Cc1ccc(C)c(CSC2=NCCN2C(=O)C2CC2)c1. The van der Waals surface area contributed by atoms with Gasteiger partial charge in [-0.1, -0.05) is 35.5 Å². The van der Waals surface area contributed by atoms with Crippen molar-refractivity contribution in [3.63, 3.8) is 0 Å². The molecule has 2 aliphatic rings. The standard InChI is InChI=1S/C16H20N2OS/c1-11-3-4-12(2)14(9-11)10-20-16-17-7-8-18(16)15(19)13-5-6-13/h3-4,9,13H,5-8,10H2,1-2H3. The van der Waals surface area contributed by atoms with Crippen LogP contribution in [0.2, 0.25) is 0 Å². The summed E-state index contributed by atoms with van der Waals surface area (Å²) in [5, 5.41) is 0.919. The molecule has 3 nitrogen and oxygen atoms in total. The number of amides is 1. The van der Waals surface area contributed by atoms with Crippen LogP contribution in [-0.2, 0) is 10.5 Å². The molecule has 106 valence electrons. The second-order valence-electron chi connectivity index (χ2n) is 5.65. The van der Waals surface area contributed by atoms with Crippen molar-refractivity contribution in [2.24, 2.45) is 10.9 Å². The molecule has 1 fully saturated rings. The highest BCUT2D eigenvalue weighted by Gasteiger charge is 2.36. The third kappa shape index (κ3) is 2.90. The molecule has 1 heterocycles. The molecule has 1 aromatic carbocycles. The number of benzene rings is 1. The van der Waals surface area contributed by atoms with Gasteiger partial charge in [-0.05, 0) is 37.8 Å². The molecule has 20 heavy (non-hydrogen) atoms. The van der Waals surface area contributed by atoms with Crippen LogP contribution >= 0.6 is 11.8 Å². The summed E-state index contributed by atoms with van der Waals surface area (Å²) in [5.41, 5.74) is 3.93. The van der Waals surface area contributed by atoms with Crippen molar-refractivity contribution in [1.29, 1.82) is 0 Å². The van der Waals surface area contributed by atoms with Gasteiger partial charge in [-0.3, -0.25) is 14.7 Å². The van der Waals surface area contributed by atoms with Crippen LogP contribution in [0.4, 0.5) is 0 Å². The Balaban J connectivity index is 1.65. The zero-order chi connectivity index (χ0) is 14.1. The van der Waals surface area contributed by atoms with E-state index < -0.39 is 0 Å². The van der Waals surface area contributed by atoms with E-state index in [4.69, 9.17) is 0 Å². The Morgan fingerprint density at radius 3 is 2.95 bits per heavy atom. The van der Waals surface area contributed by atoms with Crippen molar-refractivity contribution in [2.75, 3.05) is 13.1 Å². The number of nitrogens with zero attached hydrogens (tertiary/aromatic N) is 2. The topological polar surface area (TPSA) is 32.7 Å². The highest BCUT2D eigenvalue weighted by molar-refractivity contribution is 8.13. The fourth-order valence-corrected chi connectivity index (χ4v) is 3.52. The quantitative estimate of drug-likeness (QED) is 0.856. The molecular weight excluding hydrogens is 268 g/mol. The van der Waals surface area contributed by atoms with Crippen LogP contribution in [0.3, 0.4) is 0 Å². The monoisotopic (exact) mass is 288 g/mol. The van der Waals surface area contributed by atoms with E-state index in [1.165, 1.54) is 16.7 Å². The molecule has 0 bridgehead atoms. The van der Waals surface area contributed by atoms with Crippen LogP contribution in [0, 0.1) is 19.8 Å². The number of hydrogen-bond acceptors (Lipinski definition) is 3. The Labute approximate surface area is 124 Å². The minimum absolute atomic E-state index is 0.277. The molecule has 0 N–H and O–H groups in total. The molecule has 0 unspecified atom stereocenters. The number of carbonyl (C=O) groups is 1. The minimum Gasteiger partial charge on any atom is -0.289 e. The van der Waals surface area contributed by atoms with Crippen LogP contribution in [0.15, 0.2) is 23.2 Å². The van der Waals surface area contributed by atoms with Gasteiger partial charge < -0.3 is 0 Å². The van der Waals surface area contributed by atoms with Gasteiger partial charge in [0.2, 0.25) is 5.91 Å². The normalized spacial score (nSPS) is 18.3. The third-order valence-electron chi connectivity index (χ3n) is 3.86. The summed E-state index contributed by atoms with van der Waals surface area (Å²) in [5.74, 6) is 1.45. The van der Waals surface area contributed by atoms with E-state index in [1.54, 1.807) is 11.8 Å². The first kappa shape index (κ1) is 13.7. The lowest BCUT2D eigenvalue weighted by Gasteiger charge is -2.18. The summed E-state index contributed by atoms with van der Waals surface area (Å²) in [6, 6.07) is 6.53. The number of aliphatic imine (C=N–C) groups is 1. The van der Waals surface area contributed by atoms with Crippen molar-refractivity contribution in [2.45, 2.75) is 32.4 Å². The van der Waals surface area contributed by atoms with E-state index >= 15 is 0 Å². The highest BCUT2D eigenvalue weighted by atomic mass is 32.2. The van der Waals surface area contributed by atoms with E-state index in [0.717, 1.165) is 36.9 Å². The Kier molecular flexibility index (Phi) is 3.83. The predicted molar refractivity (Wildman–Crippen MR) is 84.0 cm³/mol. The Morgan fingerprint density at radius 1 is 1.40 bits per heavy atom. The summed E-state index contributed by atoms with van der Waals surface area (Å²) in [6.07, 6.45) is 2.12. The average molecular weight is 288 g/mol. The number of hydrogen-bond donors (Lipinski definition) is 0. The molecule has 3 rings (SSSR count). The van der Waals surface area contributed by atoms with Crippen molar-refractivity contribution < 1.29 is 4.79 Å². The van der Waals surface area contributed by atoms with Gasteiger partial charge in [0.1, 0.15) is 0 Å². The first-order valence-electron chi connectivity index (χ1n) is 7.20. The van der Waals surface area contributed by atoms with Gasteiger partial charge >= 0.3 is 0 Å². The van der Waals surface area contributed by atoms with Crippen LogP contribution in [-0.4, -0.2) is 29.1 Å². The molecular formula is C16H20N2OS. The molecule has 1 amide bonds. The van der Waals surface area contributed by atoms with Gasteiger partial charge in [0.05, 0.1) is 6.54 Å². The van der Waals surface area contributed by atoms with Gasteiger partial charge in [0.25, 0.3) is 0 Å². The number of amidine groups is 1. The predicted octanol–water partition coefficient (Wildman–Crippen LogP) is 3.14. The summed E-state index contributed by atoms with van der Waals surface area (Å²) in [6.45, 7) is 5.78. The first-order chi connectivity index (χ1) is 9.65. The van der Waals surface area contributed by atoms with Crippen LogP contribution < -0.4 is 0 Å². The molecule has 1 saturated carbocycles. The maximum atomic E-state index is 12.2. The third-order valence-corrected chi connectivity index (χ3v) is 4.92. The number of rotatable bonds is 3. The fraction of sp³-hybridized carbons (Fsp3) is 0.500. The number of aryl methyl sites for hydroxylation is 2. The molecule has 0 aromatic heterocycles. The summed E-state index contributed by atoms with van der Waals surface area (Å²) in [7, 11) is 0. The zero-order valence-corrected chi connectivity index (χ0v) is 12.9. The average Bonchev–Trinajstić information content (AvgIpc) is 3.18. The van der Waals surface area contributed by atoms with Crippen LogP contribution in [0.5, 0.6) is 0 Å². The van der Waals surface area contributed by atoms with Crippen LogP contribution in [0.25, 0.3) is 0 Å². The maximum Gasteiger partial charge on any atom is 0.231 e. The largest absolute Gasteiger partial charge is 0.289 e. The second kappa shape index (κ2) is 5.60.